The number of nitrogens with one attached hydrogen (secondary N) is 3. The Morgan fingerprint density at radius 2 is 2.11 bits per heavy atom. The number of hydrogen-bond donors (Lipinski definition) is 3. The first kappa shape index (κ1) is 13.6. The molecule has 3 N–H and O–H groups in total. The van der Waals surface area contributed by atoms with E-state index in [1.54, 1.807) is 0 Å². The number of fused-ring (bicyclic) bond motifs is 1. The van der Waals surface area contributed by atoms with Gasteiger partial charge in [0.25, 0.3) is 0 Å². The first-order chi connectivity index (χ1) is 9.22. The first-order valence-electron chi connectivity index (χ1n) is 6.70. The average Bonchev–Trinajstić information content (AvgIpc) is 2.72. The normalized spacial score (nSPS) is 10.8. The molecule has 0 aliphatic carbocycles. The zero-order chi connectivity index (χ0) is 13.7. The molecule has 1 aromatic heterocycles. The van der Waals surface area contributed by atoms with E-state index in [1.165, 1.54) is 10.9 Å². The Balaban J connectivity index is 1.98. The van der Waals surface area contributed by atoms with Crippen LogP contribution in [0.4, 0.5) is 0 Å². The molecule has 0 saturated heterocycles. The highest BCUT2D eigenvalue weighted by Crippen LogP contribution is 2.21. The van der Waals surface area contributed by atoms with Crippen molar-refractivity contribution in [3.63, 3.8) is 0 Å². The number of para-hydroxylation sites is 1. The Morgan fingerprint density at radius 1 is 1.32 bits per heavy atom. The van der Waals surface area contributed by atoms with Crippen LogP contribution in [0.3, 0.4) is 0 Å². The largest absolute Gasteiger partial charge is 0.358 e. The number of rotatable bonds is 6. The molecule has 0 aliphatic rings. The van der Waals surface area contributed by atoms with Crippen LogP contribution < -0.4 is 10.6 Å². The van der Waals surface area contributed by atoms with Crippen molar-refractivity contribution in [3.8, 4) is 0 Å². The minimum Gasteiger partial charge on any atom is -0.358 e. The molecule has 0 fully saturated rings. The van der Waals surface area contributed by atoms with Crippen molar-refractivity contribution in [1.29, 1.82) is 0 Å². The van der Waals surface area contributed by atoms with Crippen LogP contribution in [-0.4, -0.2) is 24.5 Å². The summed E-state index contributed by atoms with van der Waals surface area (Å²) in [6.07, 6.45) is 1.44. The second-order valence-electron chi connectivity index (χ2n) is 4.76. The fourth-order valence-electron chi connectivity index (χ4n) is 2.26. The lowest BCUT2D eigenvalue weighted by molar-refractivity contribution is -0.121. The Morgan fingerprint density at radius 3 is 2.89 bits per heavy atom. The van der Waals surface area contributed by atoms with Gasteiger partial charge < -0.3 is 15.6 Å². The molecule has 0 aliphatic heterocycles. The van der Waals surface area contributed by atoms with Gasteiger partial charge >= 0.3 is 0 Å². The quantitative estimate of drug-likeness (QED) is 0.696. The van der Waals surface area contributed by atoms with E-state index in [0.717, 1.165) is 24.2 Å². The van der Waals surface area contributed by atoms with Gasteiger partial charge in [-0.25, -0.2) is 0 Å². The van der Waals surface area contributed by atoms with Crippen LogP contribution in [-0.2, 0) is 11.3 Å². The van der Waals surface area contributed by atoms with Gasteiger partial charge in [0.15, 0.2) is 0 Å². The molecule has 2 rings (SSSR count). The third-order valence-electron chi connectivity index (χ3n) is 3.32. The van der Waals surface area contributed by atoms with Crippen molar-refractivity contribution in [2.45, 2.75) is 26.3 Å². The molecule has 0 bridgehead atoms. The number of carbonyl (C=O) groups excluding carboxylic acids is 1. The predicted octanol–water partition coefficient (Wildman–Crippen LogP) is 2.09. The molecule has 102 valence electrons. The number of amides is 1. The Kier molecular flexibility index (Phi) is 4.58. The number of H-pyrrole nitrogens is 1. The van der Waals surface area contributed by atoms with E-state index in [4.69, 9.17) is 0 Å². The smallest absolute Gasteiger partial charge is 0.220 e. The van der Waals surface area contributed by atoms with Crippen LogP contribution in [0.2, 0.25) is 0 Å². The molecule has 1 aromatic carbocycles. The minimum absolute atomic E-state index is 0.111. The number of aromatic nitrogens is 1. The standard InChI is InChI=1S/C15H21N3O/c1-11-13(10-17-15(19)8-5-9-16-2)12-6-3-4-7-14(12)18-11/h3-4,6-7,16,18H,5,8-10H2,1-2H3,(H,17,19). The fourth-order valence-corrected chi connectivity index (χ4v) is 2.26. The van der Waals surface area contributed by atoms with Gasteiger partial charge in [-0.05, 0) is 38.6 Å². The summed E-state index contributed by atoms with van der Waals surface area (Å²) in [5.74, 6) is 0.111. The molecule has 4 nitrogen and oxygen atoms in total. The third-order valence-corrected chi connectivity index (χ3v) is 3.32. The summed E-state index contributed by atoms with van der Waals surface area (Å²) < 4.78 is 0. The summed E-state index contributed by atoms with van der Waals surface area (Å²) in [6, 6.07) is 8.17. The van der Waals surface area contributed by atoms with E-state index in [-0.39, 0.29) is 5.91 Å². The number of carbonyl (C=O) groups is 1. The van der Waals surface area contributed by atoms with Crippen LogP contribution in [0.15, 0.2) is 24.3 Å². The summed E-state index contributed by atoms with van der Waals surface area (Å²) in [5, 5.41) is 7.22. The van der Waals surface area contributed by atoms with E-state index in [2.05, 4.69) is 27.8 Å². The van der Waals surface area contributed by atoms with E-state index in [9.17, 15) is 4.79 Å². The highest BCUT2D eigenvalue weighted by atomic mass is 16.1. The molecule has 0 saturated carbocycles. The second kappa shape index (κ2) is 6.38. The monoisotopic (exact) mass is 259 g/mol. The van der Waals surface area contributed by atoms with E-state index in [0.29, 0.717) is 13.0 Å². The van der Waals surface area contributed by atoms with Crippen molar-refractivity contribution in [2.75, 3.05) is 13.6 Å². The van der Waals surface area contributed by atoms with Crippen LogP contribution >= 0.6 is 0 Å². The van der Waals surface area contributed by atoms with E-state index < -0.39 is 0 Å². The van der Waals surface area contributed by atoms with Crippen molar-refractivity contribution in [3.05, 3.63) is 35.5 Å². The molecular weight excluding hydrogens is 238 g/mol. The minimum atomic E-state index is 0.111. The van der Waals surface area contributed by atoms with Gasteiger partial charge in [0.2, 0.25) is 5.91 Å². The van der Waals surface area contributed by atoms with Gasteiger partial charge in [0, 0.05) is 29.6 Å². The Hall–Kier alpha value is -1.81. The molecular formula is C15H21N3O. The van der Waals surface area contributed by atoms with Gasteiger partial charge in [-0.15, -0.1) is 0 Å². The molecule has 19 heavy (non-hydrogen) atoms. The maximum absolute atomic E-state index is 11.7. The molecule has 1 amide bonds. The maximum atomic E-state index is 11.7. The van der Waals surface area contributed by atoms with Gasteiger partial charge in [-0.2, -0.15) is 0 Å². The van der Waals surface area contributed by atoms with Crippen LogP contribution in [0, 0.1) is 6.92 Å². The summed E-state index contributed by atoms with van der Waals surface area (Å²) in [4.78, 5) is 15.1. The molecule has 4 heteroatoms. The Labute approximate surface area is 113 Å². The van der Waals surface area contributed by atoms with Crippen molar-refractivity contribution >= 4 is 16.8 Å². The maximum Gasteiger partial charge on any atom is 0.220 e. The van der Waals surface area contributed by atoms with Gasteiger partial charge in [0.05, 0.1) is 0 Å². The van der Waals surface area contributed by atoms with Crippen molar-refractivity contribution < 1.29 is 4.79 Å². The second-order valence-corrected chi connectivity index (χ2v) is 4.76. The number of hydrogen-bond acceptors (Lipinski definition) is 2. The zero-order valence-corrected chi connectivity index (χ0v) is 11.5. The van der Waals surface area contributed by atoms with Gasteiger partial charge in [-0.3, -0.25) is 4.79 Å². The molecule has 2 aromatic rings. The summed E-state index contributed by atoms with van der Waals surface area (Å²) in [5.41, 5.74) is 3.42. The average molecular weight is 259 g/mol. The van der Waals surface area contributed by atoms with E-state index in [1.807, 2.05) is 26.1 Å². The topological polar surface area (TPSA) is 56.9 Å². The highest BCUT2D eigenvalue weighted by molar-refractivity contribution is 5.85. The molecule has 1 heterocycles. The summed E-state index contributed by atoms with van der Waals surface area (Å²) >= 11 is 0. The summed E-state index contributed by atoms with van der Waals surface area (Å²) in [6.45, 7) is 3.51. The molecule has 0 radical (unpaired) electrons. The summed E-state index contributed by atoms with van der Waals surface area (Å²) in [7, 11) is 1.90. The van der Waals surface area contributed by atoms with Gasteiger partial charge in [-0.1, -0.05) is 18.2 Å². The van der Waals surface area contributed by atoms with Crippen LogP contribution in [0.5, 0.6) is 0 Å². The number of aryl methyl sites for hydroxylation is 1. The lowest BCUT2D eigenvalue weighted by Gasteiger charge is -2.05. The first-order valence-corrected chi connectivity index (χ1v) is 6.70. The number of aromatic amines is 1. The van der Waals surface area contributed by atoms with Crippen molar-refractivity contribution in [1.82, 2.24) is 15.6 Å². The Bertz CT molecular complexity index is 560. The predicted molar refractivity (Wildman–Crippen MR) is 78.0 cm³/mol. The SMILES string of the molecule is CNCCCC(=O)NCc1c(C)[nH]c2ccccc12. The van der Waals surface area contributed by atoms with Gasteiger partial charge in [0.1, 0.15) is 0 Å². The van der Waals surface area contributed by atoms with Crippen molar-refractivity contribution in [2.24, 2.45) is 0 Å². The zero-order valence-electron chi connectivity index (χ0n) is 11.5. The fraction of sp³-hybridized carbons (Fsp3) is 0.400. The third kappa shape index (κ3) is 3.35. The number of benzene rings is 1. The van der Waals surface area contributed by atoms with E-state index >= 15 is 0 Å². The molecule has 0 atom stereocenters. The highest BCUT2D eigenvalue weighted by Gasteiger charge is 2.08. The van der Waals surface area contributed by atoms with Crippen LogP contribution in [0.25, 0.3) is 10.9 Å². The lowest BCUT2D eigenvalue weighted by Crippen LogP contribution is -2.23. The van der Waals surface area contributed by atoms with Crippen LogP contribution in [0.1, 0.15) is 24.1 Å². The lowest BCUT2D eigenvalue weighted by atomic mass is 10.1. The molecule has 0 unspecified atom stereocenters. The molecule has 0 spiro atoms.